The summed E-state index contributed by atoms with van der Waals surface area (Å²) < 4.78 is 50.4. The Morgan fingerprint density at radius 3 is 2.21 bits per heavy atom. The molecule has 0 N–H and O–H groups in total. The zero-order valence-corrected chi connectivity index (χ0v) is 14.1. The molecule has 2 rings (SSSR count). The highest BCUT2D eigenvalue weighted by molar-refractivity contribution is 5.68. The Hall–Kier alpha value is -1.92. The molecular weight excluding hydrogens is 323 g/mol. The van der Waals surface area contributed by atoms with Crippen molar-refractivity contribution in [1.29, 1.82) is 0 Å². The lowest BCUT2D eigenvalue weighted by Crippen LogP contribution is -2.42. The number of piperidine rings is 1. The molecule has 1 aliphatic rings. The Morgan fingerprint density at radius 1 is 1.17 bits per heavy atom. The molecule has 1 aliphatic heterocycles. The lowest BCUT2D eigenvalue weighted by molar-refractivity contribution is 0.0164. The molecular formula is C17H22F3NO3. The number of hydrogen-bond donors (Lipinski definition) is 0. The molecule has 1 fully saturated rings. The van der Waals surface area contributed by atoms with E-state index in [1.807, 2.05) is 0 Å². The quantitative estimate of drug-likeness (QED) is 0.827. The van der Waals surface area contributed by atoms with Gasteiger partial charge in [0.05, 0.1) is 6.61 Å². The van der Waals surface area contributed by atoms with Gasteiger partial charge in [0, 0.05) is 25.2 Å². The van der Waals surface area contributed by atoms with Gasteiger partial charge < -0.3 is 14.4 Å². The number of likely N-dealkylation sites (tertiary alicyclic amines) is 1. The van der Waals surface area contributed by atoms with Crippen LogP contribution < -0.4 is 4.74 Å². The molecule has 0 radical (unpaired) electrons. The van der Waals surface area contributed by atoms with Crippen molar-refractivity contribution in [3.8, 4) is 5.75 Å². The van der Waals surface area contributed by atoms with Gasteiger partial charge in [-0.2, -0.15) is 0 Å². The first-order valence-electron chi connectivity index (χ1n) is 7.91. The predicted octanol–water partition coefficient (Wildman–Crippen LogP) is 4.13. The van der Waals surface area contributed by atoms with Gasteiger partial charge in [-0.1, -0.05) is 0 Å². The SMILES string of the molecule is CC(C)(C)OC(=O)N1CCC(COc2c(F)cc(F)cc2F)CC1. The molecule has 1 aromatic rings. The van der Waals surface area contributed by atoms with Gasteiger partial charge in [-0.3, -0.25) is 0 Å². The average Bonchev–Trinajstić information content (AvgIpc) is 2.45. The van der Waals surface area contributed by atoms with E-state index in [9.17, 15) is 18.0 Å². The van der Waals surface area contributed by atoms with Crippen LogP contribution in [0.4, 0.5) is 18.0 Å². The zero-order chi connectivity index (χ0) is 17.9. The molecule has 1 saturated heterocycles. The van der Waals surface area contributed by atoms with E-state index in [-0.39, 0.29) is 18.6 Å². The Labute approximate surface area is 139 Å². The van der Waals surface area contributed by atoms with Crippen LogP contribution in [0, 0.1) is 23.4 Å². The van der Waals surface area contributed by atoms with Gasteiger partial charge in [0.15, 0.2) is 17.4 Å². The number of ether oxygens (including phenoxy) is 2. The molecule has 0 atom stereocenters. The monoisotopic (exact) mass is 345 g/mol. The molecule has 0 spiro atoms. The van der Waals surface area contributed by atoms with Crippen LogP contribution in [-0.4, -0.2) is 36.3 Å². The molecule has 0 aliphatic carbocycles. The van der Waals surface area contributed by atoms with Gasteiger partial charge in [-0.05, 0) is 39.5 Å². The fraction of sp³-hybridized carbons (Fsp3) is 0.588. The summed E-state index contributed by atoms with van der Waals surface area (Å²) >= 11 is 0. The van der Waals surface area contributed by atoms with E-state index < -0.39 is 28.8 Å². The number of rotatable bonds is 3. The van der Waals surface area contributed by atoms with Crippen molar-refractivity contribution >= 4 is 6.09 Å². The number of nitrogens with zero attached hydrogens (tertiary/aromatic N) is 1. The minimum Gasteiger partial charge on any atom is -0.487 e. The molecule has 24 heavy (non-hydrogen) atoms. The predicted molar refractivity (Wildman–Crippen MR) is 82.3 cm³/mol. The number of benzene rings is 1. The fourth-order valence-electron chi connectivity index (χ4n) is 2.48. The Bertz CT molecular complexity index is 570. The number of carbonyl (C=O) groups is 1. The van der Waals surface area contributed by atoms with Crippen LogP contribution in [0.1, 0.15) is 33.6 Å². The van der Waals surface area contributed by atoms with Gasteiger partial charge in [-0.15, -0.1) is 0 Å². The normalized spacial score (nSPS) is 16.2. The van der Waals surface area contributed by atoms with E-state index in [2.05, 4.69) is 0 Å². The van der Waals surface area contributed by atoms with Crippen molar-refractivity contribution in [3.05, 3.63) is 29.6 Å². The first-order valence-corrected chi connectivity index (χ1v) is 7.91. The highest BCUT2D eigenvalue weighted by atomic mass is 19.1. The van der Waals surface area contributed by atoms with Crippen LogP contribution in [-0.2, 0) is 4.74 Å². The Balaban J connectivity index is 1.83. The second-order valence-electron chi connectivity index (χ2n) is 6.92. The summed E-state index contributed by atoms with van der Waals surface area (Å²) in [6.07, 6.45) is 0.922. The topological polar surface area (TPSA) is 38.8 Å². The third-order valence-electron chi connectivity index (χ3n) is 3.69. The second-order valence-corrected chi connectivity index (χ2v) is 6.92. The molecule has 0 bridgehead atoms. The van der Waals surface area contributed by atoms with E-state index in [4.69, 9.17) is 9.47 Å². The van der Waals surface area contributed by atoms with Gasteiger partial charge in [0.2, 0.25) is 0 Å². The first kappa shape index (κ1) is 18.4. The van der Waals surface area contributed by atoms with Crippen molar-refractivity contribution in [3.63, 3.8) is 0 Å². The second kappa shape index (κ2) is 7.32. The van der Waals surface area contributed by atoms with Crippen LogP contribution in [0.25, 0.3) is 0 Å². The summed E-state index contributed by atoms with van der Waals surface area (Å²) in [4.78, 5) is 13.6. The van der Waals surface area contributed by atoms with Crippen molar-refractivity contribution in [2.75, 3.05) is 19.7 Å². The van der Waals surface area contributed by atoms with Crippen LogP contribution in [0.3, 0.4) is 0 Å². The third kappa shape index (κ3) is 5.04. The number of amides is 1. The van der Waals surface area contributed by atoms with E-state index in [0.29, 0.717) is 38.1 Å². The Kier molecular flexibility index (Phi) is 5.62. The minimum atomic E-state index is -1.06. The highest BCUT2D eigenvalue weighted by Crippen LogP contribution is 2.25. The Morgan fingerprint density at radius 2 is 1.71 bits per heavy atom. The zero-order valence-electron chi connectivity index (χ0n) is 14.1. The molecule has 134 valence electrons. The van der Waals surface area contributed by atoms with Crippen molar-refractivity contribution in [2.45, 2.75) is 39.2 Å². The summed E-state index contributed by atoms with van der Waals surface area (Å²) in [6.45, 7) is 6.52. The number of halogens is 3. The maximum atomic E-state index is 13.5. The minimum absolute atomic E-state index is 0.0625. The number of hydrogen-bond acceptors (Lipinski definition) is 3. The smallest absolute Gasteiger partial charge is 0.410 e. The van der Waals surface area contributed by atoms with Crippen LogP contribution in [0.5, 0.6) is 5.75 Å². The maximum absolute atomic E-state index is 13.5. The summed E-state index contributed by atoms with van der Waals surface area (Å²) in [7, 11) is 0. The summed E-state index contributed by atoms with van der Waals surface area (Å²) in [5, 5.41) is 0. The molecule has 1 heterocycles. The first-order chi connectivity index (χ1) is 11.2. The lowest BCUT2D eigenvalue weighted by Gasteiger charge is -2.33. The van der Waals surface area contributed by atoms with Crippen LogP contribution >= 0.6 is 0 Å². The standard InChI is InChI=1S/C17H22F3NO3/c1-17(2,3)24-16(22)21-6-4-11(5-7-21)10-23-15-13(19)8-12(18)9-14(15)20/h8-9,11H,4-7,10H2,1-3H3. The lowest BCUT2D eigenvalue weighted by atomic mass is 9.98. The van der Waals surface area contributed by atoms with Gasteiger partial charge in [-0.25, -0.2) is 18.0 Å². The number of carbonyl (C=O) groups excluding carboxylic acids is 1. The van der Waals surface area contributed by atoms with Crippen molar-refractivity contribution in [1.82, 2.24) is 4.90 Å². The molecule has 7 heteroatoms. The van der Waals surface area contributed by atoms with Gasteiger partial charge in [0.25, 0.3) is 0 Å². The van der Waals surface area contributed by atoms with Crippen LogP contribution in [0.15, 0.2) is 12.1 Å². The highest BCUT2D eigenvalue weighted by Gasteiger charge is 2.27. The molecule has 0 unspecified atom stereocenters. The maximum Gasteiger partial charge on any atom is 0.410 e. The van der Waals surface area contributed by atoms with E-state index >= 15 is 0 Å². The molecule has 1 amide bonds. The van der Waals surface area contributed by atoms with Crippen molar-refractivity contribution in [2.24, 2.45) is 5.92 Å². The average molecular weight is 345 g/mol. The summed E-state index contributed by atoms with van der Waals surface area (Å²) in [6, 6.07) is 1.17. The summed E-state index contributed by atoms with van der Waals surface area (Å²) in [5.41, 5.74) is -0.547. The summed E-state index contributed by atoms with van der Waals surface area (Å²) in [5.74, 6) is -3.60. The van der Waals surface area contributed by atoms with Gasteiger partial charge >= 0.3 is 6.09 Å². The molecule has 0 aromatic heterocycles. The molecule has 0 saturated carbocycles. The van der Waals surface area contributed by atoms with E-state index in [1.165, 1.54) is 0 Å². The third-order valence-corrected chi connectivity index (χ3v) is 3.69. The molecule has 1 aromatic carbocycles. The van der Waals surface area contributed by atoms with Gasteiger partial charge in [0.1, 0.15) is 11.4 Å². The molecule has 4 nitrogen and oxygen atoms in total. The van der Waals surface area contributed by atoms with Crippen molar-refractivity contribution < 1.29 is 27.4 Å². The van der Waals surface area contributed by atoms with E-state index in [0.717, 1.165) is 0 Å². The van der Waals surface area contributed by atoms with E-state index in [1.54, 1.807) is 25.7 Å². The fourth-order valence-corrected chi connectivity index (χ4v) is 2.48. The largest absolute Gasteiger partial charge is 0.487 e. The van der Waals surface area contributed by atoms with Crippen LogP contribution in [0.2, 0.25) is 0 Å².